The first kappa shape index (κ1) is 15.4. The van der Waals surface area contributed by atoms with Crippen LogP contribution in [0.3, 0.4) is 0 Å². The van der Waals surface area contributed by atoms with Crippen LogP contribution in [0.2, 0.25) is 5.02 Å². The van der Waals surface area contributed by atoms with Crippen LogP contribution >= 0.6 is 11.6 Å². The smallest absolute Gasteiger partial charge is 0.243 e. The molecule has 0 amide bonds. The SMILES string of the molecule is O=S(=O)(c1ccc(Cl)cc1)N1CCNCC1c1cccnc1. The van der Waals surface area contributed by atoms with E-state index in [2.05, 4.69) is 10.3 Å². The Morgan fingerprint density at radius 1 is 1.23 bits per heavy atom. The zero-order valence-corrected chi connectivity index (χ0v) is 13.4. The maximum atomic E-state index is 12.9. The minimum absolute atomic E-state index is 0.257. The third-order valence-electron chi connectivity index (χ3n) is 3.68. The first-order valence-corrected chi connectivity index (χ1v) is 8.79. The van der Waals surface area contributed by atoms with Gasteiger partial charge < -0.3 is 5.32 Å². The maximum Gasteiger partial charge on any atom is 0.243 e. The number of piperazine rings is 1. The molecule has 3 rings (SSSR count). The summed E-state index contributed by atoms with van der Waals surface area (Å²) in [5, 5.41) is 3.76. The van der Waals surface area contributed by atoms with Crippen molar-refractivity contribution in [2.45, 2.75) is 10.9 Å². The molecule has 2 aromatic rings. The van der Waals surface area contributed by atoms with Crippen molar-refractivity contribution in [3.63, 3.8) is 0 Å². The number of rotatable bonds is 3. The van der Waals surface area contributed by atoms with Crippen LogP contribution in [0.4, 0.5) is 0 Å². The van der Waals surface area contributed by atoms with E-state index in [1.807, 2.05) is 12.1 Å². The standard InChI is InChI=1S/C15H16ClN3O2S/c16-13-3-5-14(6-4-13)22(20,21)19-9-8-18-11-15(19)12-2-1-7-17-10-12/h1-7,10,15,18H,8-9,11H2. The van der Waals surface area contributed by atoms with Crippen LogP contribution in [-0.4, -0.2) is 37.3 Å². The Morgan fingerprint density at radius 3 is 2.68 bits per heavy atom. The van der Waals surface area contributed by atoms with Gasteiger partial charge in [-0.1, -0.05) is 17.7 Å². The molecular weight excluding hydrogens is 322 g/mol. The van der Waals surface area contributed by atoms with Gasteiger partial charge in [0.2, 0.25) is 10.0 Å². The van der Waals surface area contributed by atoms with E-state index >= 15 is 0 Å². The first-order valence-electron chi connectivity index (χ1n) is 6.97. The molecule has 1 atom stereocenters. The molecule has 1 aromatic heterocycles. The molecule has 1 saturated heterocycles. The molecular formula is C15H16ClN3O2S. The highest BCUT2D eigenvalue weighted by Crippen LogP contribution is 2.28. The van der Waals surface area contributed by atoms with Gasteiger partial charge in [-0.05, 0) is 35.9 Å². The van der Waals surface area contributed by atoms with E-state index < -0.39 is 10.0 Å². The molecule has 1 aromatic carbocycles. The van der Waals surface area contributed by atoms with Crippen molar-refractivity contribution in [3.05, 3.63) is 59.4 Å². The summed E-state index contributed by atoms with van der Waals surface area (Å²) in [7, 11) is -3.57. The fourth-order valence-corrected chi connectivity index (χ4v) is 4.31. The number of aromatic nitrogens is 1. The number of nitrogens with zero attached hydrogens (tertiary/aromatic N) is 2. The van der Waals surface area contributed by atoms with Gasteiger partial charge in [-0.2, -0.15) is 4.31 Å². The number of sulfonamides is 1. The van der Waals surface area contributed by atoms with Gasteiger partial charge in [0.15, 0.2) is 0 Å². The second-order valence-electron chi connectivity index (χ2n) is 5.08. The van der Waals surface area contributed by atoms with Gasteiger partial charge in [0.1, 0.15) is 0 Å². The van der Waals surface area contributed by atoms with E-state index in [1.54, 1.807) is 36.7 Å². The highest BCUT2D eigenvalue weighted by atomic mass is 35.5. The summed E-state index contributed by atoms with van der Waals surface area (Å²) >= 11 is 5.85. The quantitative estimate of drug-likeness (QED) is 0.931. The van der Waals surface area contributed by atoms with Gasteiger partial charge in [0.05, 0.1) is 10.9 Å². The van der Waals surface area contributed by atoms with Crippen LogP contribution in [-0.2, 0) is 10.0 Å². The average molecular weight is 338 g/mol. The van der Waals surface area contributed by atoms with E-state index in [0.29, 0.717) is 24.7 Å². The normalized spacial score (nSPS) is 20.0. The van der Waals surface area contributed by atoms with Crippen molar-refractivity contribution in [2.75, 3.05) is 19.6 Å². The summed E-state index contributed by atoms with van der Waals surface area (Å²) < 4.78 is 27.4. The van der Waals surface area contributed by atoms with Crippen molar-refractivity contribution >= 4 is 21.6 Å². The van der Waals surface area contributed by atoms with Gasteiger partial charge in [-0.25, -0.2) is 8.42 Å². The van der Waals surface area contributed by atoms with E-state index in [-0.39, 0.29) is 10.9 Å². The third kappa shape index (κ3) is 3.01. The number of pyridine rings is 1. The van der Waals surface area contributed by atoms with Gasteiger partial charge in [-0.15, -0.1) is 0 Å². The van der Waals surface area contributed by atoms with Crippen LogP contribution in [0.5, 0.6) is 0 Å². The van der Waals surface area contributed by atoms with Gasteiger partial charge in [0.25, 0.3) is 0 Å². The van der Waals surface area contributed by atoms with Crippen LogP contribution in [0, 0.1) is 0 Å². The second-order valence-corrected chi connectivity index (χ2v) is 7.40. The average Bonchev–Trinajstić information content (AvgIpc) is 2.56. The molecule has 5 nitrogen and oxygen atoms in total. The molecule has 22 heavy (non-hydrogen) atoms. The Hall–Kier alpha value is -1.47. The molecule has 0 radical (unpaired) electrons. The Kier molecular flexibility index (Phi) is 4.44. The summed E-state index contributed by atoms with van der Waals surface area (Å²) in [6.45, 7) is 1.62. The van der Waals surface area contributed by atoms with Gasteiger partial charge in [0, 0.05) is 37.1 Å². The van der Waals surface area contributed by atoms with Crippen LogP contribution < -0.4 is 5.32 Å². The summed E-state index contributed by atoms with van der Waals surface area (Å²) in [6.07, 6.45) is 3.39. The number of halogens is 1. The minimum atomic E-state index is -3.57. The Morgan fingerprint density at radius 2 is 2.00 bits per heavy atom. The van der Waals surface area contributed by atoms with Crippen molar-refractivity contribution in [3.8, 4) is 0 Å². The lowest BCUT2D eigenvalue weighted by molar-refractivity contribution is 0.271. The van der Waals surface area contributed by atoms with Crippen LogP contribution in [0.1, 0.15) is 11.6 Å². The number of nitrogens with one attached hydrogen (secondary N) is 1. The molecule has 1 aliphatic rings. The lowest BCUT2D eigenvalue weighted by atomic mass is 10.1. The second kappa shape index (κ2) is 6.34. The summed E-state index contributed by atoms with van der Waals surface area (Å²) in [4.78, 5) is 4.35. The molecule has 1 aliphatic heterocycles. The Labute approximate surface area is 135 Å². The van der Waals surface area contributed by atoms with Crippen molar-refractivity contribution in [1.82, 2.24) is 14.6 Å². The van der Waals surface area contributed by atoms with Gasteiger partial charge in [-0.3, -0.25) is 4.98 Å². The molecule has 0 aliphatic carbocycles. The molecule has 7 heteroatoms. The zero-order chi connectivity index (χ0) is 15.6. The fourth-order valence-electron chi connectivity index (χ4n) is 2.57. The third-order valence-corrected chi connectivity index (χ3v) is 5.86. The van der Waals surface area contributed by atoms with E-state index in [4.69, 9.17) is 11.6 Å². The highest BCUT2D eigenvalue weighted by Gasteiger charge is 2.34. The molecule has 0 saturated carbocycles. The fraction of sp³-hybridized carbons (Fsp3) is 0.267. The van der Waals surface area contributed by atoms with Crippen LogP contribution in [0.25, 0.3) is 0 Å². The Balaban J connectivity index is 1.98. The molecule has 2 heterocycles. The molecule has 1 unspecified atom stereocenters. The highest BCUT2D eigenvalue weighted by molar-refractivity contribution is 7.89. The van der Waals surface area contributed by atoms with Crippen molar-refractivity contribution in [2.24, 2.45) is 0 Å². The molecule has 0 bridgehead atoms. The minimum Gasteiger partial charge on any atom is -0.313 e. The monoisotopic (exact) mass is 337 g/mol. The van der Waals surface area contributed by atoms with E-state index in [1.165, 1.54) is 4.31 Å². The number of hydrogen-bond acceptors (Lipinski definition) is 4. The molecule has 116 valence electrons. The van der Waals surface area contributed by atoms with E-state index in [0.717, 1.165) is 5.56 Å². The first-order chi connectivity index (χ1) is 10.6. The van der Waals surface area contributed by atoms with E-state index in [9.17, 15) is 8.42 Å². The predicted octanol–water partition coefficient (Wildman–Crippen LogP) is 2.07. The Bertz CT molecular complexity index is 735. The largest absolute Gasteiger partial charge is 0.313 e. The molecule has 1 N–H and O–H groups in total. The van der Waals surface area contributed by atoms with Gasteiger partial charge >= 0.3 is 0 Å². The summed E-state index contributed by atoms with van der Waals surface area (Å²) in [5.41, 5.74) is 0.882. The molecule has 1 fully saturated rings. The van der Waals surface area contributed by atoms with Crippen molar-refractivity contribution in [1.29, 1.82) is 0 Å². The number of benzene rings is 1. The topological polar surface area (TPSA) is 62.3 Å². The lowest BCUT2D eigenvalue weighted by Crippen LogP contribution is -2.48. The summed E-state index contributed by atoms with van der Waals surface area (Å²) in [5.74, 6) is 0. The zero-order valence-electron chi connectivity index (χ0n) is 11.8. The molecule has 0 spiro atoms. The summed E-state index contributed by atoms with van der Waals surface area (Å²) in [6, 6.07) is 9.72. The lowest BCUT2D eigenvalue weighted by Gasteiger charge is -2.35. The van der Waals surface area contributed by atoms with Crippen LogP contribution in [0.15, 0.2) is 53.7 Å². The predicted molar refractivity (Wildman–Crippen MR) is 85.2 cm³/mol. The number of hydrogen-bond donors (Lipinski definition) is 1. The van der Waals surface area contributed by atoms with Crippen molar-refractivity contribution < 1.29 is 8.42 Å². The maximum absolute atomic E-state index is 12.9.